The van der Waals surface area contributed by atoms with Crippen LogP contribution >= 0.6 is 0 Å². The number of hydrogen-bond donors (Lipinski definition) is 2. The molecule has 0 aliphatic rings. The van der Waals surface area contributed by atoms with E-state index >= 15 is 0 Å². The summed E-state index contributed by atoms with van der Waals surface area (Å²) in [5, 5.41) is 13.3. The van der Waals surface area contributed by atoms with Crippen LogP contribution in [0.25, 0.3) is 0 Å². The first kappa shape index (κ1) is 12.6. The van der Waals surface area contributed by atoms with Gasteiger partial charge in [-0.25, -0.2) is 0 Å². The highest BCUT2D eigenvalue weighted by molar-refractivity contribution is 6.04. The van der Waals surface area contributed by atoms with Gasteiger partial charge >= 0.3 is 0 Å². The van der Waals surface area contributed by atoms with E-state index in [0.717, 1.165) is 0 Å². The zero-order valence-electron chi connectivity index (χ0n) is 9.87. The molecule has 6 heteroatoms. The average molecular weight is 257 g/mol. The predicted octanol–water partition coefficient (Wildman–Crippen LogP) is 2.43. The van der Waals surface area contributed by atoms with Crippen LogP contribution in [0.5, 0.6) is 0 Å². The summed E-state index contributed by atoms with van der Waals surface area (Å²) in [5.74, 6) is -0.422. The molecule has 0 aromatic heterocycles. The number of nitrogen functional groups attached to an aromatic ring is 1. The molecule has 2 aromatic rings. The van der Waals surface area contributed by atoms with Crippen molar-refractivity contribution < 1.29 is 9.72 Å². The van der Waals surface area contributed by atoms with E-state index in [1.54, 1.807) is 24.3 Å². The molecular weight excluding hydrogens is 246 g/mol. The first-order valence-electron chi connectivity index (χ1n) is 5.47. The van der Waals surface area contributed by atoms with Gasteiger partial charge in [-0.3, -0.25) is 14.9 Å². The van der Waals surface area contributed by atoms with Crippen molar-refractivity contribution in [3.05, 3.63) is 64.2 Å². The molecule has 1 amide bonds. The van der Waals surface area contributed by atoms with E-state index in [9.17, 15) is 14.9 Å². The maximum atomic E-state index is 11.9. The van der Waals surface area contributed by atoms with Gasteiger partial charge in [-0.05, 0) is 24.3 Å². The Labute approximate surface area is 109 Å². The van der Waals surface area contributed by atoms with Crippen molar-refractivity contribution in [3.63, 3.8) is 0 Å². The van der Waals surface area contributed by atoms with Gasteiger partial charge in [0.05, 0.1) is 4.92 Å². The number of carbonyl (C=O) groups excluding carboxylic acids is 1. The maximum absolute atomic E-state index is 11.9. The molecule has 0 fully saturated rings. The van der Waals surface area contributed by atoms with Gasteiger partial charge in [0.1, 0.15) is 0 Å². The zero-order valence-corrected chi connectivity index (χ0v) is 9.87. The number of rotatable bonds is 3. The molecule has 0 aliphatic carbocycles. The van der Waals surface area contributed by atoms with E-state index in [1.165, 1.54) is 24.3 Å². The Bertz CT molecular complexity index is 641. The molecule has 0 aliphatic heterocycles. The minimum absolute atomic E-state index is 0.125. The second kappa shape index (κ2) is 5.18. The van der Waals surface area contributed by atoms with E-state index in [4.69, 9.17) is 5.73 Å². The fraction of sp³-hybridized carbons (Fsp3) is 0. The van der Waals surface area contributed by atoms with Gasteiger partial charge in [-0.2, -0.15) is 0 Å². The molecule has 2 aromatic carbocycles. The Balaban J connectivity index is 2.20. The van der Waals surface area contributed by atoms with Gasteiger partial charge in [0.15, 0.2) is 0 Å². The largest absolute Gasteiger partial charge is 0.399 e. The van der Waals surface area contributed by atoms with Gasteiger partial charge in [-0.1, -0.05) is 12.1 Å². The van der Waals surface area contributed by atoms with E-state index in [1.807, 2.05) is 0 Å². The van der Waals surface area contributed by atoms with Gasteiger partial charge < -0.3 is 11.1 Å². The fourth-order valence-electron chi connectivity index (χ4n) is 1.58. The second-order valence-corrected chi connectivity index (χ2v) is 3.89. The maximum Gasteiger partial charge on any atom is 0.270 e. The third-order valence-electron chi connectivity index (χ3n) is 2.46. The third-order valence-corrected chi connectivity index (χ3v) is 2.46. The lowest BCUT2D eigenvalue weighted by Gasteiger charge is -2.05. The van der Waals surface area contributed by atoms with E-state index < -0.39 is 10.8 Å². The van der Waals surface area contributed by atoms with E-state index in [2.05, 4.69) is 5.32 Å². The van der Waals surface area contributed by atoms with Crippen molar-refractivity contribution in [3.8, 4) is 0 Å². The van der Waals surface area contributed by atoms with Crippen molar-refractivity contribution >= 4 is 23.0 Å². The zero-order chi connectivity index (χ0) is 13.8. The van der Waals surface area contributed by atoms with Crippen LogP contribution in [0.15, 0.2) is 48.5 Å². The predicted molar refractivity (Wildman–Crippen MR) is 71.9 cm³/mol. The summed E-state index contributed by atoms with van der Waals surface area (Å²) in [5.41, 5.74) is 6.75. The Hall–Kier alpha value is -2.89. The summed E-state index contributed by atoms with van der Waals surface area (Å²) in [4.78, 5) is 22.0. The lowest BCUT2D eigenvalue weighted by atomic mass is 10.2. The molecule has 0 saturated heterocycles. The molecule has 0 atom stereocenters. The van der Waals surface area contributed by atoms with Crippen LogP contribution < -0.4 is 11.1 Å². The number of hydrogen-bond acceptors (Lipinski definition) is 4. The highest BCUT2D eigenvalue weighted by Gasteiger charge is 2.11. The smallest absolute Gasteiger partial charge is 0.270 e. The number of benzene rings is 2. The minimum atomic E-state index is -0.544. The van der Waals surface area contributed by atoms with Crippen LogP contribution in [0.3, 0.4) is 0 Å². The lowest BCUT2D eigenvalue weighted by Crippen LogP contribution is -2.12. The number of nitro groups is 1. The summed E-state index contributed by atoms with van der Waals surface area (Å²) in [6, 6.07) is 12.2. The lowest BCUT2D eigenvalue weighted by molar-refractivity contribution is -0.384. The highest BCUT2D eigenvalue weighted by atomic mass is 16.6. The van der Waals surface area contributed by atoms with E-state index in [0.29, 0.717) is 11.4 Å². The van der Waals surface area contributed by atoms with Crippen molar-refractivity contribution in [2.45, 2.75) is 0 Å². The fourth-order valence-corrected chi connectivity index (χ4v) is 1.58. The highest BCUT2D eigenvalue weighted by Crippen LogP contribution is 2.16. The standard InChI is InChI=1S/C13H11N3O3/c14-10-4-2-5-11(8-10)15-13(17)9-3-1-6-12(7-9)16(18)19/h1-8H,14H2,(H,15,17). The van der Waals surface area contributed by atoms with Crippen LogP contribution in [0.2, 0.25) is 0 Å². The van der Waals surface area contributed by atoms with Gasteiger partial charge in [0.2, 0.25) is 0 Å². The van der Waals surface area contributed by atoms with Crippen LogP contribution in [0.1, 0.15) is 10.4 Å². The Morgan fingerprint density at radius 2 is 1.89 bits per heavy atom. The van der Waals surface area contributed by atoms with Crippen LogP contribution in [0, 0.1) is 10.1 Å². The number of nitro benzene ring substituents is 1. The molecule has 3 N–H and O–H groups in total. The third kappa shape index (κ3) is 3.06. The molecule has 0 bridgehead atoms. The molecule has 19 heavy (non-hydrogen) atoms. The topological polar surface area (TPSA) is 98.3 Å². The summed E-state index contributed by atoms with van der Waals surface area (Å²) >= 11 is 0. The summed E-state index contributed by atoms with van der Waals surface area (Å²) in [6.07, 6.45) is 0. The number of nitrogens with zero attached hydrogens (tertiary/aromatic N) is 1. The number of nitrogens with two attached hydrogens (primary N) is 1. The monoisotopic (exact) mass is 257 g/mol. The van der Waals surface area contributed by atoms with E-state index in [-0.39, 0.29) is 11.3 Å². The van der Waals surface area contributed by atoms with Gasteiger partial charge in [0.25, 0.3) is 11.6 Å². The van der Waals surface area contributed by atoms with Crippen LogP contribution in [-0.2, 0) is 0 Å². The first-order chi connectivity index (χ1) is 9.06. The molecule has 0 radical (unpaired) electrons. The van der Waals surface area contributed by atoms with Crippen LogP contribution in [-0.4, -0.2) is 10.8 Å². The minimum Gasteiger partial charge on any atom is -0.399 e. The molecule has 0 heterocycles. The molecule has 0 unspecified atom stereocenters. The normalized spacial score (nSPS) is 9.89. The van der Waals surface area contributed by atoms with Crippen molar-refractivity contribution in [2.24, 2.45) is 0 Å². The SMILES string of the molecule is Nc1cccc(NC(=O)c2cccc([N+](=O)[O-])c2)c1. The number of carbonyl (C=O) groups is 1. The Morgan fingerprint density at radius 1 is 1.16 bits per heavy atom. The van der Waals surface area contributed by atoms with Crippen molar-refractivity contribution in [2.75, 3.05) is 11.1 Å². The number of non-ortho nitro benzene ring substituents is 1. The molecule has 0 saturated carbocycles. The average Bonchev–Trinajstić information content (AvgIpc) is 2.39. The Morgan fingerprint density at radius 3 is 2.58 bits per heavy atom. The van der Waals surface area contributed by atoms with Gasteiger partial charge in [0, 0.05) is 29.1 Å². The molecule has 0 spiro atoms. The second-order valence-electron chi connectivity index (χ2n) is 3.89. The summed E-state index contributed by atoms with van der Waals surface area (Å²) in [7, 11) is 0. The molecule has 6 nitrogen and oxygen atoms in total. The van der Waals surface area contributed by atoms with Crippen molar-refractivity contribution in [1.29, 1.82) is 0 Å². The van der Waals surface area contributed by atoms with Crippen LogP contribution in [0.4, 0.5) is 17.1 Å². The Kier molecular flexibility index (Phi) is 3.42. The summed E-state index contributed by atoms with van der Waals surface area (Å²) in [6.45, 7) is 0. The molecule has 96 valence electrons. The number of amides is 1. The first-order valence-corrected chi connectivity index (χ1v) is 5.47. The number of anilines is 2. The summed E-state index contributed by atoms with van der Waals surface area (Å²) < 4.78 is 0. The molecular formula is C13H11N3O3. The molecule has 2 rings (SSSR count). The number of nitrogens with one attached hydrogen (secondary N) is 1. The van der Waals surface area contributed by atoms with Crippen molar-refractivity contribution in [1.82, 2.24) is 0 Å². The quantitative estimate of drug-likeness (QED) is 0.501. The van der Waals surface area contributed by atoms with Gasteiger partial charge in [-0.15, -0.1) is 0 Å².